The van der Waals surface area contributed by atoms with Gasteiger partial charge >= 0.3 is 0 Å². The smallest absolute Gasteiger partial charge is 0.230 e. The molecule has 0 aliphatic rings. The van der Waals surface area contributed by atoms with Crippen LogP contribution in [0, 0.1) is 5.82 Å². The van der Waals surface area contributed by atoms with E-state index >= 15 is 0 Å². The van der Waals surface area contributed by atoms with Gasteiger partial charge in [0.15, 0.2) is 0 Å². The average molecular weight is 319 g/mol. The number of carbonyl (C=O) groups excluding carboxylic acids is 1. The van der Waals surface area contributed by atoms with Crippen LogP contribution in [0.4, 0.5) is 4.39 Å². The minimum atomic E-state index is -0.293. The van der Waals surface area contributed by atoms with Crippen molar-refractivity contribution in [3.05, 3.63) is 59.9 Å². The summed E-state index contributed by atoms with van der Waals surface area (Å²) in [6.07, 6.45) is 0.750. The van der Waals surface area contributed by atoms with Crippen LogP contribution in [0.1, 0.15) is 5.56 Å². The van der Waals surface area contributed by atoms with Gasteiger partial charge in [0.2, 0.25) is 5.91 Å². The maximum Gasteiger partial charge on any atom is 0.230 e. The van der Waals surface area contributed by atoms with Gasteiger partial charge < -0.3 is 10.1 Å². The number of halogens is 1. The van der Waals surface area contributed by atoms with Crippen molar-refractivity contribution in [2.75, 3.05) is 19.4 Å². The Bertz CT molecular complexity index is 616. The molecule has 2 aromatic carbocycles. The number of ether oxygens (including phenoxy) is 1. The van der Waals surface area contributed by atoms with Crippen LogP contribution in [-0.4, -0.2) is 25.3 Å². The maximum atomic E-state index is 13.4. The van der Waals surface area contributed by atoms with Gasteiger partial charge in [0, 0.05) is 11.4 Å². The van der Waals surface area contributed by atoms with Gasteiger partial charge in [-0.2, -0.15) is 0 Å². The third kappa shape index (κ3) is 5.07. The molecule has 0 atom stereocenters. The van der Waals surface area contributed by atoms with Crippen molar-refractivity contribution < 1.29 is 13.9 Å². The molecule has 3 nitrogen and oxygen atoms in total. The number of thioether (sulfide) groups is 1. The lowest BCUT2D eigenvalue weighted by molar-refractivity contribution is -0.118. The van der Waals surface area contributed by atoms with Crippen LogP contribution in [-0.2, 0) is 11.2 Å². The van der Waals surface area contributed by atoms with Crippen molar-refractivity contribution in [1.29, 1.82) is 0 Å². The highest BCUT2D eigenvalue weighted by molar-refractivity contribution is 8.00. The molecule has 5 heteroatoms. The average Bonchev–Trinajstić information content (AvgIpc) is 2.55. The minimum Gasteiger partial charge on any atom is -0.497 e. The van der Waals surface area contributed by atoms with Gasteiger partial charge in [-0.3, -0.25) is 4.79 Å². The Morgan fingerprint density at radius 2 is 1.91 bits per heavy atom. The normalized spacial score (nSPS) is 10.3. The molecule has 1 amide bonds. The zero-order valence-electron chi connectivity index (χ0n) is 12.3. The predicted octanol–water partition coefficient (Wildman–Crippen LogP) is 3.29. The number of carbonyl (C=O) groups is 1. The summed E-state index contributed by atoms with van der Waals surface area (Å²) in [6, 6.07) is 14.2. The molecule has 2 rings (SSSR count). The topological polar surface area (TPSA) is 38.3 Å². The van der Waals surface area contributed by atoms with Crippen molar-refractivity contribution in [3.8, 4) is 5.75 Å². The largest absolute Gasteiger partial charge is 0.497 e. The standard InChI is InChI=1S/C17H18FNO2S/c1-21-14-8-6-13(7-9-14)10-11-19-17(20)12-22-16-5-3-2-4-15(16)18/h2-9H,10-12H2,1H3,(H,19,20). The van der Waals surface area contributed by atoms with Gasteiger partial charge in [0.05, 0.1) is 12.9 Å². The molecule has 1 N–H and O–H groups in total. The van der Waals surface area contributed by atoms with Crippen LogP contribution < -0.4 is 10.1 Å². The molecule has 22 heavy (non-hydrogen) atoms. The number of rotatable bonds is 7. The first kappa shape index (κ1) is 16.4. The first-order valence-electron chi connectivity index (χ1n) is 6.96. The number of hydrogen-bond acceptors (Lipinski definition) is 3. The number of nitrogens with one attached hydrogen (secondary N) is 1. The lowest BCUT2D eigenvalue weighted by Gasteiger charge is -2.06. The van der Waals surface area contributed by atoms with E-state index in [2.05, 4.69) is 5.32 Å². The third-order valence-electron chi connectivity index (χ3n) is 3.09. The molecule has 0 radical (unpaired) electrons. The molecule has 0 aromatic heterocycles. The summed E-state index contributed by atoms with van der Waals surface area (Å²) in [5.74, 6) is 0.637. The summed E-state index contributed by atoms with van der Waals surface area (Å²) in [4.78, 5) is 12.2. The number of amides is 1. The molecule has 0 saturated heterocycles. The summed E-state index contributed by atoms with van der Waals surface area (Å²) >= 11 is 1.20. The second kappa shape index (κ2) is 8.44. The summed E-state index contributed by atoms with van der Waals surface area (Å²) in [5.41, 5.74) is 1.13. The van der Waals surface area contributed by atoms with E-state index in [4.69, 9.17) is 4.74 Å². The highest BCUT2D eigenvalue weighted by Crippen LogP contribution is 2.20. The van der Waals surface area contributed by atoms with E-state index < -0.39 is 0 Å². The van der Waals surface area contributed by atoms with Gasteiger partial charge in [-0.1, -0.05) is 24.3 Å². The van der Waals surface area contributed by atoms with E-state index in [1.165, 1.54) is 17.8 Å². The van der Waals surface area contributed by atoms with Crippen LogP contribution in [0.15, 0.2) is 53.4 Å². The van der Waals surface area contributed by atoms with Crippen LogP contribution in [0.5, 0.6) is 5.75 Å². The zero-order valence-corrected chi connectivity index (χ0v) is 13.2. The number of benzene rings is 2. The molecule has 0 aliphatic carbocycles. The molecule has 0 fully saturated rings. The summed E-state index contributed by atoms with van der Waals surface area (Å²) < 4.78 is 18.5. The van der Waals surface area contributed by atoms with E-state index in [1.54, 1.807) is 25.3 Å². The fourth-order valence-electron chi connectivity index (χ4n) is 1.89. The van der Waals surface area contributed by atoms with Crippen molar-refractivity contribution in [2.45, 2.75) is 11.3 Å². The minimum absolute atomic E-state index is 0.0956. The van der Waals surface area contributed by atoms with Crippen LogP contribution in [0.3, 0.4) is 0 Å². The van der Waals surface area contributed by atoms with Crippen molar-refractivity contribution in [1.82, 2.24) is 5.32 Å². The highest BCUT2D eigenvalue weighted by atomic mass is 32.2. The van der Waals surface area contributed by atoms with E-state index in [1.807, 2.05) is 24.3 Å². The van der Waals surface area contributed by atoms with Gasteiger partial charge in [0.25, 0.3) is 0 Å². The Hall–Kier alpha value is -2.01. The SMILES string of the molecule is COc1ccc(CCNC(=O)CSc2ccccc2F)cc1. The maximum absolute atomic E-state index is 13.4. The third-order valence-corrected chi connectivity index (χ3v) is 4.14. The van der Waals surface area contributed by atoms with Crippen molar-refractivity contribution >= 4 is 17.7 Å². The number of methoxy groups -OCH3 is 1. The Morgan fingerprint density at radius 1 is 1.18 bits per heavy atom. The molecule has 2 aromatic rings. The summed E-state index contributed by atoms with van der Waals surface area (Å²) in [5, 5.41) is 2.84. The van der Waals surface area contributed by atoms with Crippen LogP contribution in [0.2, 0.25) is 0 Å². The molecule has 0 aliphatic heterocycles. The summed E-state index contributed by atoms with van der Waals surface area (Å²) in [6.45, 7) is 0.559. The summed E-state index contributed by atoms with van der Waals surface area (Å²) in [7, 11) is 1.63. The van der Waals surface area contributed by atoms with E-state index in [0.717, 1.165) is 17.7 Å². The molecule has 0 heterocycles. The van der Waals surface area contributed by atoms with Crippen molar-refractivity contribution in [2.24, 2.45) is 0 Å². The van der Waals surface area contributed by atoms with Crippen LogP contribution in [0.25, 0.3) is 0 Å². The second-order valence-electron chi connectivity index (χ2n) is 4.67. The molecular formula is C17H18FNO2S. The molecule has 0 unspecified atom stereocenters. The van der Waals surface area contributed by atoms with Crippen LogP contribution >= 0.6 is 11.8 Å². The van der Waals surface area contributed by atoms with E-state index in [9.17, 15) is 9.18 Å². The Kier molecular flexibility index (Phi) is 6.27. The monoisotopic (exact) mass is 319 g/mol. The first-order chi connectivity index (χ1) is 10.7. The fourth-order valence-corrected chi connectivity index (χ4v) is 2.66. The first-order valence-corrected chi connectivity index (χ1v) is 7.94. The van der Waals surface area contributed by atoms with Gasteiger partial charge in [-0.15, -0.1) is 11.8 Å². The van der Waals surface area contributed by atoms with E-state index in [-0.39, 0.29) is 17.5 Å². The zero-order chi connectivity index (χ0) is 15.8. The lowest BCUT2D eigenvalue weighted by Crippen LogP contribution is -2.27. The highest BCUT2D eigenvalue weighted by Gasteiger charge is 2.06. The molecular weight excluding hydrogens is 301 g/mol. The predicted molar refractivity (Wildman–Crippen MR) is 86.8 cm³/mol. The second-order valence-corrected chi connectivity index (χ2v) is 5.68. The molecule has 0 bridgehead atoms. The molecule has 0 saturated carbocycles. The Morgan fingerprint density at radius 3 is 2.59 bits per heavy atom. The Labute approximate surface area is 133 Å². The van der Waals surface area contributed by atoms with Crippen molar-refractivity contribution in [3.63, 3.8) is 0 Å². The fraction of sp³-hybridized carbons (Fsp3) is 0.235. The van der Waals surface area contributed by atoms with Gasteiger partial charge in [0.1, 0.15) is 11.6 Å². The molecule has 116 valence electrons. The van der Waals surface area contributed by atoms with Gasteiger partial charge in [-0.05, 0) is 36.2 Å². The lowest BCUT2D eigenvalue weighted by atomic mass is 10.1. The van der Waals surface area contributed by atoms with Gasteiger partial charge in [-0.25, -0.2) is 4.39 Å². The number of hydrogen-bond donors (Lipinski definition) is 1. The quantitative estimate of drug-likeness (QED) is 0.796. The van der Waals surface area contributed by atoms with E-state index in [0.29, 0.717) is 11.4 Å². The Balaban J connectivity index is 1.70. The molecule has 0 spiro atoms.